The van der Waals surface area contributed by atoms with Crippen LogP contribution >= 0.6 is 0 Å². The largest absolute Gasteiger partial charge is 0.392 e. The third-order valence-electron chi connectivity index (χ3n) is 3.32. The molecule has 1 aromatic carbocycles. The van der Waals surface area contributed by atoms with Gasteiger partial charge in [0, 0.05) is 5.56 Å². The van der Waals surface area contributed by atoms with Crippen molar-refractivity contribution in [2.45, 2.75) is 32.7 Å². The van der Waals surface area contributed by atoms with Gasteiger partial charge in [-0.25, -0.2) is 4.68 Å². The zero-order valence-corrected chi connectivity index (χ0v) is 10.8. The molecule has 0 fully saturated rings. The molecule has 4 nitrogen and oxygen atoms in total. The van der Waals surface area contributed by atoms with Gasteiger partial charge in [-0.2, -0.15) is 0 Å². The first kappa shape index (κ1) is 12.5. The van der Waals surface area contributed by atoms with E-state index in [-0.39, 0.29) is 11.6 Å². The summed E-state index contributed by atoms with van der Waals surface area (Å²) in [5.41, 5.74) is 7.75. The molecule has 0 bridgehead atoms. The van der Waals surface area contributed by atoms with Crippen molar-refractivity contribution in [2.75, 3.05) is 5.73 Å². The molecule has 0 saturated heterocycles. The number of nitrogens with zero attached hydrogens (tertiary/aromatic N) is 1. The molecule has 2 aromatic rings. The number of benzene rings is 1. The van der Waals surface area contributed by atoms with Crippen LogP contribution in [0.5, 0.6) is 0 Å². The van der Waals surface area contributed by atoms with Crippen molar-refractivity contribution in [3.05, 3.63) is 40.7 Å². The van der Waals surface area contributed by atoms with Gasteiger partial charge in [-0.05, 0) is 12.8 Å². The van der Waals surface area contributed by atoms with Gasteiger partial charge < -0.3 is 5.73 Å². The molecule has 2 rings (SSSR count). The van der Waals surface area contributed by atoms with Crippen molar-refractivity contribution in [2.24, 2.45) is 0 Å². The maximum Gasteiger partial charge on any atom is 0.290 e. The van der Waals surface area contributed by atoms with Gasteiger partial charge in [-0.3, -0.25) is 9.89 Å². The number of rotatable bonds is 4. The number of nitrogens with one attached hydrogen (secondary N) is 1. The van der Waals surface area contributed by atoms with Crippen LogP contribution in [0.25, 0.3) is 11.3 Å². The highest BCUT2D eigenvalue weighted by atomic mass is 16.1. The molecule has 96 valence electrons. The lowest BCUT2D eigenvalue weighted by atomic mass is 10.1. The van der Waals surface area contributed by atoms with Crippen molar-refractivity contribution < 1.29 is 0 Å². The third kappa shape index (κ3) is 2.06. The average molecular weight is 245 g/mol. The van der Waals surface area contributed by atoms with Gasteiger partial charge in [-0.1, -0.05) is 44.2 Å². The molecule has 0 aliphatic rings. The SMILES string of the molecule is CCC(CC)n1[nH]c(-c2ccccc2)c(N)c1=O. The first-order valence-corrected chi connectivity index (χ1v) is 6.34. The van der Waals surface area contributed by atoms with Crippen LogP contribution in [0.15, 0.2) is 35.1 Å². The highest BCUT2D eigenvalue weighted by molar-refractivity contribution is 5.71. The Hall–Kier alpha value is -1.97. The predicted octanol–water partition coefficient (Wildman–Crippen LogP) is 2.79. The molecule has 0 unspecified atom stereocenters. The van der Waals surface area contributed by atoms with E-state index in [1.807, 2.05) is 30.3 Å². The number of aromatic nitrogens is 2. The Balaban J connectivity index is 2.53. The summed E-state index contributed by atoms with van der Waals surface area (Å²) in [6, 6.07) is 9.87. The molecule has 0 spiro atoms. The van der Waals surface area contributed by atoms with E-state index in [0.717, 1.165) is 18.4 Å². The minimum Gasteiger partial charge on any atom is -0.392 e. The zero-order valence-electron chi connectivity index (χ0n) is 10.8. The summed E-state index contributed by atoms with van der Waals surface area (Å²) < 4.78 is 1.65. The molecule has 1 aromatic heterocycles. The van der Waals surface area contributed by atoms with Crippen molar-refractivity contribution in [3.8, 4) is 11.3 Å². The molecule has 0 radical (unpaired) electrons. The Kier molecular flexibility index (Phi) is 3.55. The van der Waals surface area contributed by atoms with Crippen LogP contribution < -0.4 is 11.3 Å². The van der Waals surface area contributed by atoms with Crippen LogP contribution in [0.4, 0.5) is 5.69 Å². The van der Waals surface area contributed by atoms with E-state index in [9.17, 15) is 4.79 Å². The van der Waals surface area contributed by atoms with Crippen molar-refractivity contribution >= 4 is 5.69 Å². The normalized spacial score (nSPS) is 11.1. The minimum absolute atomic E-state index is 0.123. The number of hydrogen-bond acceptors (Lipinski definition) is 2. The Morgan fingerprint density at radius 1 is 1.22 bits per heavy atom. The maximum atomic E-state index is 12.1. The van der Waals surface area contributed by atoms with Crippen molar-refractivity contribution in [1.82, 2.24) is 9.78 Å². The second-order valence-corrected chi connectivity index (χ2v) is 4.41. The number of nitrogen functional groups attached to an aromatic ring is 1. The van der Waals surface area contributed by atoms with E-state index in [2.05, 4.69) is 18.9 Å². The lowest BCUT2D eigenvalue weighted by molar-refractivity contribution is 0.419. The summed E-state index contributed by atoms with van der Waals surface area (Å²) >= 11 is 0. The first-order chi connectivity index (χ1) is 8.69. The van der Waals surface area contributed by atoms with Crippen molar-refractivity contribution in [1.29, 1.82) is 0 Å². The molecule has 18 heavy (non-hydrogen) atoms. The standard InChI is InChI=1S/C14H19N3O/c1-3-11(4-2)17-14(18)12(15)13(16-17)10-8-6-5-7-9-10/h5-9,11,16H,3-4,15H2,1-2H3. The van der Waals surface area contributed by atoms with E-state index in [1.54, 1.807) is 4.68 Å². The quantitative estimate of drug-likeness (QED) is 0.870. The Labute approximate surface area is 106 Å². The number of hydrogen-bond donors (Lipinski definition) is 2. The van der Waals surface area contributed by atoms with Crippen LogP contribution in [-0.4, -0.2) is 9.78 Å². The number of aromatic amines is 1. The summed E-state index contributed by atoms with van der Waals surface area (Å²) in [5.74, 6) is 0. The molecule has 0 saturated carbocycles. The van der Waals surface area contributed by atoms with Crippen LogP contribution in [0.1, 0.15) is 32.7 Å². The molecule has 4 heteroatoms. The van der Waals surface area contributed by atoms with Gasteiger partial charge in [0.25, 0.3) is 5.56 Å². The maximum absolute atomic E-state index is 12.1. The lowest BCUT2D eigenvalue weighted by Gasteiger charge is -2.12. The topological polar surface area (TPSA) is 63.8 Å². The molecular formula is C14H19N3O. The van der Waals surface area contributed by atoms with Gasteiger partial charge in [-0.15, -0.1) is 0 Å². The first-order valence-electron chi connectivity index (χ1n) is 6.34. The smallest absolute Gasteiger partial charge is 0.290 e. The van der Waals surface area contributed by atoms with Crippen LogP contribution in [0, 0.1) is 0 Å². The lowest BCUT2D eigenvalue weighted by Crippen LogP contribution is -2.22. The van der Waals surface area contributed by atoms with Crippen LogP contribution in [0.3, 0.4) is 0 Å². The predicted molar refractivity (Wildman–Crippen MR) is 74.5 cm³/mol. The summed E-state index contributed by atoms with van der Waals surface area (Å²) in [7, 11) is 0. The van der Waals surface area contributed by atoms with E-state index in [0.29, 0.717) is 11.4 Å². The molecular weight excluding hydrogens is 226 g/mol. The average Bonchev–Trinajstić information content (AvgIpc) is 2.70. The zero-order chi connectivity index (χ0) is 13.1. The van der Waals surface area contributed by atoms with E-state index >= 15 is 0 Å². The van der Waals surface area contributed by atoms with Crippen LogP contribution in [0.2, 0.25) is 0 Å². The fourth-order valence-electron chi connectivity index (χ4n) is 2.20. The van der Waals surface area contributed by atoms with Gasteiger partial charge in [0.2, 0.25) is 0 Å². The fraction of sp³-hybridized carbons (Fsp3) is 0.357. The molecule has 0 atom stereocenters. The molecule has 0 amide bonds. The van der Waals surface area contributed by atoms with Crippen LogP contribution in [-0.2, 0) is 0 Å². The second kappa shape index (κ2) is 5.12. The van der Waals surface area contributed by atoms with Gasteiger partial charge in [0.05, 0.1) is 11.7 Å². The summed E-state index contributed by atoms with van der Waals surface area (Å²) in [4.78, 5) is 12.1. The molecule has 0 aliphatic heterocycles. The second-order valence-electron chi connectivity index (χ2n) is 4.41. The van der Waals surface area contributed by atoms with Crippen molar-refractivity contribution in [3.63, 3.8) is 0 Å². The van der Waals surface area contributed by atoms with Gasteiger partial charge >= 0.3 is 0 Å². The molecule has 1 heterocycles. The minimum atomic E-state index is -0.123. The monoisotopic (exact) mass is 245 g/mol. The third-order valence-corrected chi connectivity index (χ3v) is 3.32. The number of H-pyrrole nitrogens is 1. The Bertz CT molecular complexity index is 564. The highest BCUT2D eigenvalue weighted by Gasteiger charge is 2.16. The molecule has 3 N–H and O–H groups in total. The Morgan fingerprint density at radius 3 is 2.39 bits per heavy atom. The van der Waals surface area contributed by atoms with Gasteiger partial charge in [0.15, 0.2) is 0 Å². The summed E-state index contributed by atoms with van der Waals surface area (Å²) in [6.07, 6.45) is 1.81. The summed E-state index contributed by atoms with van der Waals surface area (Å²) in [6.45, 7) is 4.14. The summed E-state index contributed by atoms with van der Waals surface area (Å²) in [5, 5.41) is 3.15. The van der Waals surface area contributed by atoms with Gasteiger partial charge in [0.1, 0.15) is 5.69 Å². The number of anilines is 1. The number of nitrogens with two attached hydrogens (primary N) is 1. The fourth-order valence-corrected chi connectivity index (χ4v) is 2.20. The van der Waals surface area contributed by atoms with E-state index < -0.39 is 0 Å². The van der Waals surface area contributed by atoms with E-state index in [4.69, 9.17) is 5.73 Å². The highest BCUT2D eigenvalue weighted by Crippen LogP contribution is 2.23. The Morgan fingerprint density at radius 2 is 1.83 bits per heavy atom. The van der Waals surface area contributed by atoms with E-state index in [1.165, 1.54) is 0 Å². The molecule has 0 aliphatic carbocycles.